The maximum Gasteiger partial charge on any atom is 0.266 e. The number of fused-ring (bicyclic) bond motifs is 1. The second kappa shape index (κ2) is 6.47. The summed E-state index contributed by atoms with van der Waals surface area (Å²) >= 11 is 5.73. The summed E-state index contributed by atoms with van der Waals surface area (Å²) in [5.41, 5.74) is 6.92. The van der Waals surface area contributed by atoms with Gasteiger partial charge in [0.1, 0.15) is 11.4 Å². The predicted octanol–water partition coefficient (Wildman–Crippen LogP) is 1.98. The van der Waals surface area contributed by atoms with E-state index in [0.29, 0.717) is 42.5 Å². The third-order valence-corrected chi connectivity index (χ3v) is 3.98. The minimum atomic E-state index is -0.395. The lowest BCUT2D eigenvalue weighted by molar-refractivity contribution is -0.131. The minimum absolute atomic E-state index is 0.168. The first kappa shape index (κ1) is 15.8. The van der Waals surface area contributed by atoms with Crippen molar-refractivity contribution in [3.63, 3.8) is 0 Å². The molecule has 6 nitrogen and oxygen atoms in total. The van der Waals surface area contributed by atoms with Gasteiger partial charge in [-0.2, -0.15) is 5.10 Å². The lowest BCUT2D eigenvalue weighted by Crippen LogP contribution is -2.45. The van der Waals surface area contributed by atoms with Crippen LogP contribution in [0.25, 0.3) is 0 Å². The zero-order valence-electron chi connectivity index (χ0n) is 12.4. The van der Waals surface area contributed by atoms with Gasteiger partial charge in [0.25, 0.3) is 5.91 Å². The minimum Gasteiger partial charge on any atom is -0.383 e. The van der Waals surface area contributed by atoms with E-state index < -0.39 is 5.92 Å². The van der Waals surface area contributed by atoms with Crippen LogP contribution < -0.4 is 5.73 Å². The van der Waals surface area contributed by atoms with Crippen LogP contribution in [0.15, 0.2) is 0 Å². The molecule has 2 N–H and O–H groups in total. The molecule has 2 amide bonds. The van der Waals surface area contributed by atoms with E-state index in [4.69, 9.17) is 17.3 Å². The molecule has 1 aromatic rings. The van der Waals surface area contributed by atoms with Gasteiger partial charge >= 0.3 is 0 Å². The van der Waals surface area contributed by atoms with Gasteiger partial charge in [0.05, 0.1) is 18.2 Å². The summed E-state index contributed by atoms with van der Waals surface area (Å²) in [5.74, 6) is -0.231. The Labute approximate surface area is 129 Å². The molecule has 1 atom stereocenters. The summed E-state index contributed by atoms with van der Waals surface area (Å²) in [6.07, 6.45) is 2.31. The summed E-state index contributed by atoms with van der Waals surface area (Å²) in [5, 5.41) is 4.35. The number of rotatable bonds is 6. The highest BCUT2D eigenvalue weighted by atomic mass is 35.5. The van der Waals surface area contributed by atoms with Gasteiger partial charge in [0.2, 0.25) is 5.91 Å². The van der Waals surface area contributed by atoms with E-state index in [1.54, 1.807) is 0 Å². The van der Waals surface area contributed by atoms with E-state index in [0.717, 1.165) is 12.8 Å². The number of anilines is 1. The van der Waals surface area contributed by atoms with E-state index >= 15 is 0 Å². The van der Waals surface area contributed by atoms with Crippen molar-refractivity contribution < 1.29 is 9.59 Å². The Kier molecular flexibility index (Phi) is 4.88. The fourth-order valence-corrected chi connectivity index (χ4v) is 2.80. The highest BCUT2D eigenvalue weighted by Crippen LogP contribution is 2.34. The standard InChI is InChI=1S/C14H21ClN4O2/c1-3-5-7-18-13(20)9(4-2)11-10(14(18)21)12(16)19(17-11)8-6-15/h9H,3-8,16H2,1-2H3. The molecule has 1 aliphatic rings. The van der Waals surface area contributed by atoms with Crippen LogP contribution in [0.5, 0.6) is 0 Å². The Morgan fingerprint density at radius 1 is 1.29 bits per heavy atom. The number of hydrogen-bond acceptors (Lipinski definition) is 4. The number of amides is 2. The maximum absolute atomic E-state index is 12.6. The quantitative estimate of drug-likeness (QED) is 0.643. The van der Waals surface area contributed by atoms with Crippen molar-refractivity contribution in [2.24, 2.45) is 0 Å². The Balaban J connectivity index is 2.46. The summed E-state index contributed by atoms with van der Waals surface area (Å²) < 4.78 is 1.52. The van der Waals surface area contributed by atoms with Gasteiger partial charge in [-0.15, -0.1) is 11.6 Å². The van der Waals surface area contributed by atoms with Gasteiger partial charge in [-0.1, -0.05) is 20.3 Å². The molecule has 0 aromatic carbocycles. The van der Waals surface area contributed by atoms with Crippen LogP contribution in [-0.2, 0) is 11.3 Å². The van der Waals surface area contributed by atoms with Gasteiger partial charge in [-0.05, 0) is 12.8 Å². The highest BCUT2D eigenvalue weighted by molar-refractivity contribution is 6.17. The third-order valence-electron chi connectivity index (χ3n) is 3.81. The Morgan fingerprint density at radius 2 is 2.00 bits per heavy atom. The number of aromatic nitrogens is 2. The van der Waals surface area contributed by atoms with Crippen LogP contribution in [0, 0.1) is 0 Å². The number of nitrogen functional groups attached to an aromatic ring is 1. The molecule has 2 rings (SSSR count). The number of aryl methyl sites for hydroxylation is 1. The van der Waals surface area contributed by atoms with Crippen LogP contribution in [0.3, 0.4) is 0 Å². The summed E-state index contributed by atoms with van der Waals surface area (Å²) in [6, 6.07) is 0. The molecule has 7 heteroatoms. The van der Waals surface area contributed by atoms with Crippen molar-refractivity contribution in [1.82, 2.24) is 14.7 Å². The average molecular weight is 313 g/mol. The molecule has 0 saturated heterocycles. The second-order valence-corrected chi connectivity index (χ2v) is 5.54. The largest absolute Gasteiger partial charge is 0.383 e. The van der Waals surface area contributed by atoms with Crippen LogP contribution in [0.2, 0.25) is 0 Å². The van der Waals surface area contributed by atoms with E-state index in [2.05, 4.69) is 5.10 Å². The molecule has 0 radical (unpaired) electrons. The van der Waals surface area contributed by atoms with Crippen molar-refractivity contribution in [2.75, 3.05) is 18.2 Å². The fourth-order valence-electron chi connectivity index (χ4n) is 2.64. The van der Waals surface area contributed by atoms with Gasteiger partial charge in [0.15, 0.2) is 0 Å². The number of carbonyl (C=O) groups excluding carboxylic acids is 2. The maximum atomic E-state index is 12.6. The zero-order chi connectivity index (χ0) is 15.6. The lowest BCUT2D eigenvalue weighted by Gasteiger charge is -2.29. The van der Waals surface area contributed by atoms with Crippen LogP contribution >= 0.6 is 11.6 Å². The van der Waals surface area contributed by atoms with Crippen molar-refractivity contribution in [3.05, 3.63) is 11.3 Å². The molecule has 1 aromatic heterocycles. The molecule has 116 valence electrons. The zero-order valence-corrected chi connectivity index (χ0v) is 13.2. The van der Waals surface area contributed by atoms with Crippen LogP contribution in [0.4, 0.5) is 5.82 Å². The van der Waals surface area contributed by atoms with Gasteiger partial charge in [-0.3, -0.25) is 14.5 Å². The molecule has 0 bridgehead atoms. The fraction of sp³-hybridized carbons (Fsp3) is 0.643. The molecule has 0 saturated carbocycles. The molecule has 2 heterocycles. The SMILES string of the molecule is CCCCN1C(=O)c2c(nn(CCCl)c2N)C(CC)C1=O. The number of alkyl halides is 1. The monoisotopic (exact) mass is 312 g/mol. The number of halogens is 1. The van der Waals surface area contributed by atoms with Crippen LogP contribution in [0.1, 0.15) is 55.1 Å². The molecular weight excluding hydrogens is 292 g/mol. The van der Waals surface area contributed by atoms with Crippen molar-refractivity contribution in [1.29, 1.82) is 0 Å². The summed E-state index contributed by atoms with van der Waals surface area (Å²) in [4.78, 5) is 26.4. The lowest BCUT2D eigenvalue weighted by atomic mass is 9.92. The molecule has 0 fully saturated rings. The molecule has 0 aliphatic carbocycles. The normalized spacial score (nSPS) is 18.2. The summed E-state index contributed by atoms with van der Waals surface area (Å²) in [7, 11) is 0. The number of unbranched alkanes of at least 4 members (excludes halogenated alkanes) is 1. The van der Waals surface area contributed by atoms with Gasteiger partial charge < -0.3 is 5.73 Å². The van der Waals surface area contributed by atoms with Gasteiger partial charge in [-0.25, -0.2) is 4.68 Å². The van der Waals surface area contributed by atoms with E-state index in [9.17, 15) is 9.59 Å². The van der Waals surface area contributed by atoms with Crippen molar-refractivity contribution in [2.45, 2.75) is 45.6 Å². The first-order valence-corrected chi connectivity index (χ1v) is 7.88. The van der Waals surface area contributed by atoms with E-state index in [-0.39, 0.29) is 11.8 Å². The first-order valence-electron chi connectivity index (χ1n) is 7.34. The van der Waals surface area contributed by atoms with E-state index in [1.807, 2.05) is 13.8 Å². The smallest absolute Gasteiger partial charge is 0.266 e. The number of nitrogens with two attached hydrogens (primary N) is 1. The number of nitrogens with zero attached hydrogens (tertiary/aromatic N) is 3. The Bertz CT molecular complexity index is 555. The van der Waals surface area contributed by atoms with E-state index in [1.165, 1.54) is 9.58 Å². The summed E-state index contributed by atoms with van der Waals surface area (Å²) in [6.45, 7) is 4.79. The second-order valence-electron chi connectivity index (χ2n) is 5.17. The Hall–Kier alpha value is -1.56. The predicted molar refractivity (Wildman–Crippen MR) is 81.3 cm³/mol. The molecule has 1 aliphatic heterocycles. The number of carbonyl (C=O) groups is 2. The topological polar surface area (TPSA) is 81.2 Å². The first-order chi connectivity index (χ1) is 10.1. The number of hydrogen-bond donors (Lipinski definition) is 1. The average Bonchev–Trinajstić information content (AvgIpc) is 2.77. The molecule has 0 spiro atoms. The highest BCUT2D eigenvalue weighted by Gasteiger charge is 2.41. The molecular formula is C14H21ClN4O2. The Morgan fingerprint density at radius 3 is 2.57 bits per heavy atom. The van der Waals surface area contributed by atoms with Crippen LogP contribution in [-0.4, -0.2) is 38.9 Å². The molecule has 21 heavy (non-hydrogen) atoms. The third kappa shape index (κ3) is 2.64. The van der Waals surface area contributed by atoms with Crippen molar-refractivity contribution in [3.8, 4) is 0 Å². The van der Waals surface area contributed by atoms with Crippen molar-refractivity contribution >= 4 is 29.2 Å². The van der Waals surface area contributed by atoms with Gasteiger partial charge in [0, 0.05) is 12.4 Å². The molecule has 1 unspecified atom stereocenters. The number of imide groups is 1.